The first kappa shape index (κ1) is 6.10. The largest absolute Gasteiger partial charge is 0.307 e. The van der Waals surface area contributed by atoms with Crippen LogP contribution >= 0.6 is 0 Å². The van der Waals surface area contributed by atoms with E-state index in [1.165, 1.54) is 6.42 Å². The fourth-order valence-electron chi connectivity index (χ4n) is 1.80. The molecule has 2 rings (SSSR count). The van der Waals surface area contributed by atoms with E-state index < -0.39 is 0 Å². The maximum absolute atomic E-state index is 10.9. The highest BCUT2D eigenvalue weighted by Crippen LogP contribution is 2.28. The van der Waals surface area contributed by atoms with Crippen molar-refractivity contribution in [3.8, 4) is 0 Å². The van der Waals surface area contributed by atoms with Crippen LogP contribution in [0.5, 0.6) is 0 Å². The molecule has 1 fully saturated rings. The number of nitrogens with one attached hydrogen (secondary N) is 1. The molecule has 1 N–H and O–H groups in total. The molecule has 1 aliphatic carbocycles. The molecule has 1 saturated heterocycles. The zero-order valence-electron chi connectivity index (χ0n) is 5.89. The molecule has 2 nitrogen and oxygen atoms in total. The predicted molar refractivity (Wildman–Crippen MR) is 38.7 cm³/mol. The van der Waals surface area contributed by atoms with Gasteiger partial charge in [-0.1, -0.05) is 6.08 Å². The maximum Gasteiger partial charge on any atom is 0.157 e. The minimum atomic E-state index is 0.0804. The van der Waals surface area contributed by atoms with Crippen LogP contribution in [0.1, 0.15) is 19.3 Å². The Morgan fingerprint density at radius 2 is 2.50 bits per heavy atom. The van der Waals surface area contributed by atoms with E-state index in [-0.39, 0.29) is 11.3 Å². The molecule has 1 atom stereocenters. The van der Waals surface area contributed by atoms with Gasteiger partial charge in [-0.15, -0.1) is 0 Å². The molecule has 1 unspecified atom stereocenters. The normalized spacial score (nSPS) is 38.2. The number of hydrogen-bond acceptors (Lipinski definition) is 2. The Morgan fingerprint density at radius 3 is 3.00 bits per heavy atom. The minimum absolute atomic E-state index is 0.0804. The van der Waals surface area contributed by atoms with Crippen LogP contribution in [0.25, 0.3) is 0 Å². The third kappa shape index (κ3) is 0.797. The molecule has 1 aliphatic heterocycles. The molecule has 2 aliphatic rings. The second-order valence-electron chi connectivity index (χ2n) is 3.16. The molecule has 0 aromatic carbocycles. The van der Waals surface area contributed by atoms with Crippen molar-refractivity contribution in [2.75, 3.05) is 6.54 Å². The number of carbonyl (C=O) groups is 1. The van der Waals surface area contributed by atoms with Crippen molar-refractivity contribution in [3.05, 3.63) is 12.2 Å². The SMILES string of the molecule is O=C1C=CC2(CCCN2)C1. The number of rotatable bonds is 0. The summed E-state index contributed by atoms with van der Waals surface area (Å²) < 4.78 is 0. The first-order valence-corrected chi connectivity index (χ1v) is 3.78. The van der Waals surface area contributed by atoms with Gasteiger partial charge in [0.15, 0.2) is 5.78 Å². The Bertz CT molecular complexity index is 189. The van der Waals surface area contributed by atoms with Crippen molar-refractivity contribution >= 4 is 5.78 Å². The summed E-state index contributed by atoms with van der Waals surface area (Å²) >= 11 is 0. The lowest BCUT2D eigenvalue weighted by Gasteiger charge is -2.19. The van der Waals surface area contributed by atoms with E-state index >= 15 is 0 Å². The summed E-state index contributed by atoms with van der Waals surface area (Å²) in [4.78, 5) is 10.9. The van der Waals surface area contributed by atoms with Crippen molar-refractivity contribution in [1.82, 2.24) is 5.32 Å². The summed E-state index contributed by atoms with van der Waals surface area (Å²) in [6.45, 7) is 1.07. The van der Waals surface area contributed by atoms with Crippen LogP contribution in [0.15, 0.2) is 12.2 Å². The van der Waals surface area contributed by atoms with E-state index in [2.05, 4.69) is 5.32 Å². The van der Waals surface area contributed by atoms with E-state index in [1.807, 2.05) is 6.08 Å². The van der Waals surface area contributed by atoms with E-state index in [0.717, 1.165) is 13.0 Å². The van der Waals surface area contributed by atoms with E-state index in [4.69, 9.17) is 0 Å². The summed E-state index contributed by atoms with van der Waals surface area (Å²) in [6, 6.07) is 0. The molecule has 0 amide bonds. The Kier molecular flexibility index (Phi) is 1.17. The first-order chi connectivity index (χ1) is 4.81. The number of carbonyl (C=O) groups excluding carboxylic acids is 1. The Balaban J connectivity index is 2.18. The molecule has 0 aromatic heterocycles. The molecule has 1 heterocycles. The highest BCUT2D eigenvalue weighted by Gasteiger charge is 2.35. The van der Waals surface area contributed by atoms with Crippen molar-refractivity contribution in [3.63, 3.8) is 0 Å². The highest BCUT2D eigenvalue weighted by atomic mass is 16.1. The molecule has 0 bridgehead atoms. The van der Waals surface area contributed by atoms with Crippen molar-refractivity contribution in [2.45, 2.75) is 24.8 Å². The van der Waals surface area contributed by atoms with Crippen molar-refractivity contribution in [2.24, 2.45) is 0 Å². The van der Waals surface area contributed by atoms with Gasteiger partial charge in [-0.2, -0.15) is 0 Å². The van der Waals surface area contributed by atoms with Gasteiger partial charge >= 0.3 is 0 Å². The molecule has 54 valence electrons. The average Bonchev–Trinajstić information content (AvgIpc) is 2.46. The van der Waals surface area contributed by atoms with Gasteiger partial charge in [-0.25, -0.2) is 0 Å². The number of hydrogen-bond donors (Lipinski definition) is 1. The van der Waals surface area contributed by atoms with Gasteiger partial charge in [0.05, 0.1) is 0 Å². The van der Waals surface area contributed by atoms with Gasteiger partial charge in [0.2, 0.25) is 0 Å². The van der Waals surface area contributed by atoms with Crippen LogP contribution in [-0.2, 0) is 4.79 Å². The lowest BCUT2D eigenvalue weighted by atomic mass is 9.97. The first-order valence-electron chi connectivity index (χ1n) is 3.78. The van der Waals surface area contributed by atoms with E-state index in [1.54, 1.807) is 6.08 Å². The fraction of sp³-hybridized carbons (Fsp3) is 0.625. The summed E-state index contributed by atoms with van der Waals surface area (Å²) in [7, 11) is 0. The second kappa shape index (κ2) is 1.92. The molecular formula is C8H11NO. The van der Waals surface area contributed by atoms with E-state index in [9.17, 15) is 4.79 Å². The third-order valence-electron chi connectivity index (χ3n) is 2.35. The molecule has 2 heteroatoms. The average molecular weight is 137 g/mol. The Morgan fingerprint density at radius 1 is 1.60 bits per heavy atom. The Hall–Kier alpha value is -0.630. The van der Waals surface area contributed by atoms with Gasteiger partial charge in [0.1, 0.15) is 0 Å². The standard InChI is InChI=1S/C8H11NO/c10-7-2-4-8(6-7)3-1-5-9-8/h2,4,9H,1,3,5-6H2. The van der Waals surface area contributed by atoms with Crippen LogP contribution in [0.4, 0.5) is 0 Å². The zero-order chi connectivity index (χ0) is 7.03. The van der Waals surface area contributed by atoms with Crippen LogP contribution in [0.2, 0.25) is 0 Å². The van der Waals surface area contributed by atoms with Gasteiger partial charge in [-0.3, -0.25) is 4.79 Å². The van der Waals surface area contributed by atoms with Crippen molar-refractivity contribution in [1.29, 1.82) is 0 Å². The van der Waals surface area contributed by atoms with Crippen LogP contribution < -0.4 is 5.32 Å². The zero-order valence-corrected chi connectivity index (χ0v) is 5.89. The molecule has 1 spiro atoms. The highest BCUT2D eigenvalue weighted by molar-refractivity contribution is 5.93. The predicted octanol–water partition coefficient (Wildman–Crippen LogP) is 0.638. The molecular weight excluding hydrogens is 126 g/mol. The lowest BCUT2D eigenvalue weighted by Crippen LogP contribution is -2.36. The lowest BCUT2D eigenvalue weighted by molar-refractivity contribution is -0.114. The number of ketones is 1. The third-order valence-corrected chi connectivity index (χ3v) is 2.35. The molecule has 0 saturated carbocycles. The summed E-state index contributed by atoms with van der Waals surface area (Å²) in [6.07, 6.45) is 6.76. The fourth-order valence-corrected chi connectivity index (χ4v) is 1.80. The van der Waals surface area contributed by atoms with E-state index in [0.29, 0.717) is 6.42 Å². The summed E-state index contributed by atoms with van der Waals surface area (Å²) in [5.41, 5.74) is 0.0804. The Labute approximate surface area is 60.3 Å². The van der Waals surface area contributed by atoms with Crippen LogP contribution in [-0.4, -0.2) is 17.9 Å². The molecule has 0 radical (unpaired) electrons. The summed E-state index contributed by atoms with van der Waals surface area (Å²) in [5.74, 6) is 0.273. The monoisotopic (exact) mass is 137 g/mol. The minimum Gasteiger partial charge on any atom is -0.307 e. The maximum atomic E-state index is 10.9. The second-order valence-corrected chi connectivity index (χ2v) is 3.16. The quantitative estimate of drug-likeness (QED) is 0.530. The summed E-state index contributed by atoms with van der Waals surface area (Å²) in [5, 5.41) is 3.35. The van der Waals surface area contributed by atoms with Gasteiger partial charge < -0.3 is 5.32 Å². The molecule has 10 heavy (non-hydrogen) atoms. The van der Waals surface area contributed by atoms with Gasteiger partial charge in [0.25, 0.3) is 0 Å². The van der Waals surface area contributed by atoms with Gasteiger partial charge in [-0.05, 0) is 25.5 Å². The number of allylic oxidation sites excluding steroid dienone is 1. The van der Waals surface area contributed by atoms with Gasteiger partial charge in [0, 0.05) is 12.0 Å². The van der Waals surface area contributed by atoms with Crippen LogP contribution in [0, 0.1) is 0 Å². The molecule has 0 aromatic rings. The smallest absolute Gasteiger partial charge is 0.157 e. The van der Waals surface area contributed by atoms with Crippen molar-refractivity contribution < 1.29 is 4.79 Å². The van der Waals surface area contributed by atoms with Crippen LogP contribution in [0.3, 0.4) is 0 Å². The topological polar surface area (TPSA) is 29.1 Å².